The number of aromatic nitrogens is 2. The molecule has 0 fully saturated rings. The average Bonchev–Trinajstić information content (AvgIpc) is 2.46. The van der Waals surface area contributed by atoms with Gasteiger partial charge in [-0.2, -0.15) is 0 Å². The summed E-state index contributed by atoms with van der Waals surface area (Å²) < 4.78 is 2.22. The van der Waals surface area contributed by atoms with Crippen molar-refractivity contribution in [2.45, 2.75) is 46.1 Å². The molecule has 0 radical (unpaired) electrons. The van der Waals surface area contributed by atoms with Gasteiger partial charge in [0.25, 0.3) is 0 Å². The van der Waals surface area contributed by atoms with Gasteiger partial charge in [0.15, 0.2) is 0 Å². The maximum absolute atomic E-state index is 4.18. The lowest BCUT2D eigenvalue weighted by atomic mass is 10.2. The Morgan fingerprint density at radius 2 is 2.08 bits per heavy atom. The number of nitrogens with zero attached hydrogens (tertiary/aromatic N) is 2. The minimum absolute atomic E-state index is 0. The molecule has 0 aromatic carbocycles. The molecule has 0 aliphatic carbocycles. The van der Waals surface area contributed by atoms with E-state index in [1.165, 1.54) is 25.7 Å². The Labute approximate surface area is 91.1 Å². The van der Waals surface area contributed by atoms with Crippen LogP contribution in [0.25, 0.3) is 0 Å². The van der Waals surface area contributed by atoms with Crippen LogP contribution in [0.5, 0.6) is 0 Å². The van der Waals surface area contributed by atoms with Gasteiger partial charge in [-0.3, -0.25) is 0 Å². The molecule has 0 aliphatic rings. The topological polar surface area (TPSA) is 17.8 Å². The van der Waals surface area contributed by atoms with Crippen LogP contribution in [-0.2, 0) is 6.54 Å². The summed E-state index contributed by atoms with van der Waals surface area (Å²) in [6.45, 7) is 5.42. The molecule has 0 spiro atoms. The molecule has 2 nitrogen and oxygen atoms in total. The van der Waals surface area contributed by atoms with Crippen molar-refractivity contribution < 1.29 is 0 Å². The number of hydrogen-bond donors (Lipinski definition) is 0. The Morgan fingerprint density at radius 3 is 2.62 bits per heavy atom. The van der Waals surface area contributed by atoms with Crippen LogP contribution in [-0.4, -0.2) is 9.55 Å². The zero-order valence-electron chi connectivity index (χ0n) is 8.49. The maximum Gasteiger partial charge on any atom is 0.105 e. The summed E-state index contributed by atoms with van der Waals surface area (Å²) in [6, 6.07) is 0. The second-order valence-electron chi connectivity index (χ2n) is 3.23. The summed E-state index contributed by atoms with van der Waals surface area (Å²) in [6.07, 6.45) is 9.21. The molecule has 13 heavy (non-hydrogen) atoms. The molecular weight excluding hydrogens is 228 g/mol. The molecule has 0 N–H and O–H groups in total. The second-order valence-corrected chi connectivity index (χ2v) is 3.23. The Morgan fingerprint density at radius 1 is 1.31 bits per heavy atom. The highest BCUT2D eigenvalue weighted by Crippen LogP contribution is 2.03. The summed E-state index contributed by atoms with van der Waals surface area (Å²) in [5.74, 6) is 1.13. The fourth-order valence-electron chi connectivity index (χ4n) is 1.35. The van der Waals surface area contributed by atoms with E-state index in [0.717, 1.165) is 12.4 Å². The molecule has 3 heteroatoms. The van der Waals surface area contributed by atoms with Crippen molar-refractivity contribution in [1.29, 1.82) is 0 Å². The molecule has 0 bridgehead atoms. The van der Waals surface area contributed by atoms with Gasteiger partial charge in [0.2, 0.25) is 0 Å². The van der Waals surface area contributed by atoms with Gasteiger partial charge in [-0.1, -0.05) is 26.2 Å². The SMILES string of the molecule is Br.CCCCCCn1ccnc1C. The first kappa shape index (κ1) is 12.7. The van der Waals surface area contributed by atoms with Crippen molar-refractivity contribution in [3.8, 4) is 0 Å². The van der Waals surface area contributed by atoms with Gasteiger partial charge in [-0.05, 0) is 13.3 Å². The minimum atomic E-state index is 0. The number of aryl methyl sites for hydroxylation is 2. The molecule has 0 saturated carbocycles. The fourth-order valence-corrected chi connectivity index (χ4v) is 1.35. The van der Waals surface area contributed by atoms with Gasteiger partial charge >= 0.3 is 0 Å². The normalized spacial score (nSPS) is 9.69. The predicted octanol–water partition coefficient (Wildman–Crippen LogP) is 3.35. The highest BCUT2D eigenvalue weighted by atomic mass is 79.9. The van der Waals surface area contributed by atoms with Gasteiger partial charge in [0.1, 0.15) is 5.82 Å². The third-order valence-corrected chi connectivity index (χ3v) is 2.18. The van der Waals surface area contributed by atoms with Gasteiger partial charge in [0, 0.05) is 18.9 Å². The number of imidazole rings is 1. The van der Waals surface area contributed by atoms with E-state index >= 15 is 0 Å². The molecule has 0 aliphatic heterocycles. The Bertz CT molecular complexity index is 220. The molecule has 0 saturated heterocycles. The molecule has 1 heterocycles. The smallest absolute Gasteiger partial charge is 0.105 e. The molecule has 1 rings (SSSR count). The molecule has 0 unspecified atom stereocenters. The maximum atomic E-state index is 4.18. The van der Waals surface area contributed by atoms with E-state index in [2.05, 4.69) is 29.6 Å². The van der Waals surface area contributed by atoms with Crippen LogP contribution in [0, 0.1) is 6.92 Å². The van der Waals surface area contributed by atoms with Crippen molar-refractivity contribution in [1.82, 2.24) is 9.55 Å². The molecule has 76 valence electrons. The monoisotopic (exact) mass is 246 g/mol. The first-order valence-electron chi connectivity index (χ1n) is 4.82. The van der Waals surface area contributed by atoms with Gasteiger partial charge < -0.3 is 4.57 Å². The van der Waals surface area contributed by atoms with E-state index in [0.29, 0.717) is 0 Å². The zero-order valence-corrected chi connectivity index (χ0v) is 10.2. The first-order valence-corrected chi connectivity index (χ1v) is 4.82. The Kier molecular flexibility index (Phi) is 6.96. The van der Waals surface area contributed by atoms with E-state index in [1.807, 2.05) is 6.20 Å². The summed E-state index contributed by atoms with van der Waals surface area (Å²) in [7, 11) is 0. The second kappa shape index (κ2) is 7.13. The highest BCUT2D eigenvalue weighted by Gasteiger charge is 1.94. The summed E-state index contributed by atoms with van der Waals surface area (Å²) in [5, 5.41) is 0. The quantitative estimate of drug-likeness (QED) is 0.729. The summed E-state index contributed by atoms with van der Waals surface area (Å²) in [5.41, 5.74) is 0. The van der Waals surface area contributed by atoms with Crippen LogP contribution in [0.1, 0.15) is 38.4 Å². The van der Waals surface area contributed by atoms with E-state index in [9.17, 15) is 0 Å². The zero-order chi connectivity index (χ0) is 8.81. The van der Waals surface area contributed by atoms with Crippen molar-refractivity contribution in [3.63, 3.8) is 0 Å². The third kappa shape index (κ3) is 4.46. The summed E-state index contributed by atoms with van der Waals surface area (Å²) in [4.78, 5) is 4.18. The lowest BCUT2D eigenvalue weighted by Crippen LogP contribution is -1.98. The third-order valence-electron chi connectivity index (χ3n) is 2.18. The standard InChI is InChI=1S/C10H18N2.BrH/c1-3-4-5-6-8-12-9-7-11-10(12)2;/h7,9H,3-6,8H2,1-2H3;1H. The van der Waals surface area contributed by atoms with Crippen LogP contribution in [0.15, 0.2) is 12.4 Å². The van der Waals surface area contributed by atoms with Crippen molar-refractivity contribution in [3.05, 3.63) is 18.2 Å². The molecule has 1 aromatic rings. The van der Waals surface area contributed by atoms with Crippen LogP contribution in [0.4, 0.5) is 0 Å². The van der Waals surface area contributed by atoms with Crippen LogP contribution in [0.2, 0.25) is 0 Å². The number of halogens is 1. The van der Waals surface area contributed by atoms with E-state index < -0.39 is 0 Å². The van der Waals surface area contributed by atoms with Crippen LogP contribution < -0.4 is 0 Å². The largest absolute Gasteiger partial charge is 0.335 e. The predicted molar refractivity (Wildman–Crippen MR) is 61.4 cm³/mol. The van der Waals surface area contributed by atoms with Gasteiger partial charge in [-0.25, -0.2) is 4.98 Å². The average molecular weight is 247 g/mol. The lowest BCUT2D eigenvalue weighted by Gasteiger charge is -2.03. The molecule has 1 aromatic heterocycles. The van der Waals surface area contributed by atoms with E-state index in [4.69, 9.17) is 0 Å². The Hall–Kier alpha value is -0.310. The van der Waals surface area contributed by atoms with Crippen molar-refractivity contribution in [2.75, 3.05) is 0 Å². The molecule has 0 amide bonds. The summed E-state index contributed by atoms with van der Waals surface area (Å²) >= 11 is 0. The number of unbranched alkanes of at least 4 members (excludes halogenated alkanes) is 3. The molecular formula is C10H19BrN2. The lowest BCUT2D eigenvalue weighted by molar-refractivity contribution is 0.573. The first-order chi connectivity index (χ1) is 5.84. The number of rotatable bonds is 5. The highest BCUT2D eigenvalue weighted by molar-refractivity contribution is 8.93. The minimum Gasteiger partial charge on any atom is -0.335 e. The molecule has 0 atom stereocenters. The number of hydrogen-bond acceptors (Lipinski definition) is 1. The van der Waals surface area contributed by atoms with Crippen molar-refractivity contribution in [2.24, 2.45) is 0 Å². The van der Waals surface area contributed by atoms with E-state index in [-0.39, 0.29) is 17.0 Å². The van der Waals surface area contributed by atoms with Crippen LogP contribution >= 0.6 is 17.0 Å². The fraction of sp³-hybridized carbons (Fsp3) is 0.700. The van der Waals surface area contributed by atoms with Gasteiger partial charge in [-0.15, -0.1) is 17.0 Å². The van der Waals surface area contributed by atoms with Gasteiger partial charge in [0.05, 0.1) is 0 Å². The Balaban J connectivity index is 0.00000144. The van der Waals surface area contributed by atoms with Crippen molar-refractivity contribution >= 4 is 17.0 Å². The van der Waals surface area contributed by atoms with Crippen LogP contribution in [0.3, 0.4) is 0 Å². The van der Waals surface area contributed by atoms with E-state index in [1.54, 1.807) is 0 Å².